The Labute approximate surface area is 83.5 Å². The lowest BCUT2D eigenvalue weighted by Crippen LogP contribution is -2.66. The van der Waals surface area contributed by atoms with Crippen molar-refractivity contribution in [1.82, 2.24) is 0 Å². The van der Waals surface area contributed by atoms with Crippen LogP contribution in [0.2, 0.25) is 0 Å². The van der Waals surface area contributed by atoms with Crippen LogP contribution in [0.25, 0.3) is 0 Å². The molecule has 0 aromatic rings. The van der Waals surface area contributed by atoms with Crippen molar-refractivity contribution in [2.45, 2.75) is 38.8 Å². The van der Waals surface area contributed by atoms with Crippen molar-refractivity contribution >= 4 is 11.9 Å². The molecular weight excluding hydrogens is 186 g/mol. The number of methoxy groups -OCH3 is 1. The van der Waals surface area contributed by atoms with E-state index < -0.39 is 23.6 Å². The number of quaternary nitrogens is 1. The minimum Gasteiger partial charge on any atom is -0.465 e. The van der Waals surface area contributed by atoms with Crippen molar-refractivity contribution in [3.8, 4) is 0 Å². The second-order valence-corrected chi connectivity index (χ2v) is 4.01. The largest absolute Gasteiger partial charge is 0.465 e. The molecule has 0 saturated carbocycles. The first-order valence-electron chi connectivity index (χ1n) is 4.39. The summed E-state index contributed by atoms with van der Waals surface area (Å²) in [6.45, 7) is 5.30. The highest BCUT2D eigenvalue weighted by Crippen LogP contribution is 2.08. The molecule has 0 aromatic carbocycles. The maximum absolute atomic E-state index is 11.2. The van der Waals surface area contributed by atoms with Crippen LogP contribution in [0.1, 0.15) is 27.2 Å². The van der Waals surface area contributed by atoms with E-state index in [-0.39, 0.29) is 6.42 Å². The molecule has 0 aliphatic carbocycles. The Hall–Kier alpha value is -1.10. The summed E-state index contributed by atoms with van der Waals surface area (Å²) in [5.74, 6) is -0.946. The second-order valence-electron chi connectivity index (χ2n) is 4.01. The van der Waals surface area contributed by atoms with E-state index in [1.807, 2.05) is 0 Å². The van der Waals surface area contributed by atoms with Crippen LogP contribution in [0.3, 0.4) is 0 Å². The summed E-state index contributed by atoms with van der Waals surface area (Å²) < 4.78 is 9.45. The van der Waals surface area contributed by atoms with Gasteiger partial charge in [-0.3, -0.25) is 4.79 Å². The SMILES string of the molecule is COC(=O)[C@@H]([NH3+])CC(=O)OC(C)(C)C. The zero-order chi connectivity index (χ0) is 11.4. The lowest BCUT2D eigenvalue weighted by molar-refractivity contribution is -0.407. The predicted molar refractivity (Wildman–Crippen MR) is 49.2 cm³/mol. The maximum Gasteiger partial charge on any atom is 0.365 e. The predicted octanol–water partition coefficient (Wildman–Crippen LogP) is -0.498. The van der Waals surface area contributed by atoms with Crippen molar-refractivity contribution in [3.63, 3.8) is 0 Å². The monoisotopic (exact) mass is 204 g/mol. The van der Waals surface area contributed by atoms with Gasteiger partial charge in [0.05, 0.1) is 7.11 Å². The summed E-state index contributed by atoms with van der Waals surface area (Å²) in [4.78, 5) is 22.1. The maximum atomic E-state index is 11.2. The quantitative estimate of drug-likeness (QED) is 0.628. The average molecular weight is 204 g/mol. The molecule has 0 aliphatic rings. The van der Waals surface area contributed by atoms with Crippen LogP contribution in [0.4, 0.5) is 0 Å². The first kappa shape index (κ1) is 12.9. The molecule has 0 rings (SSSR count). The van der Waals surface area contributed by atoms with Crippen molar-refractivity contribution in [3.05, 3.63) is 0 Å². The van der Waals surface area contributed by atoms with E-state index in [4.69, 9.17) is 4.74 Å². The fraction of sp³-hybridized carbons (Fsp3) is 0.778. The first-order valence-corrected chi connectivity index (χ1v) is 4.39. The lowest BCUT2D eigenvalue weighted by atomic mass is 10.2. The number of carbonyl (C=O) groups is 2. The van der Waals surface area contributed by atoms with Crippen LogP contribution in [0.5, 0.6) is 0 Å². The molecule has 0 amide bonds. The van der Waals surface area contributed by atoms with Crippen LogP contribution in [0, 0.1) is 0 Å². The minimum absolute atomic E-state index is 0.0516. The fourth-order valence-corrected chi connectivity index (χ4v) is 0.834. The van der Waals surface area contributed by atoms with E-state index in [0.29, 0.717) is 0 Å². The highest BCUT2D eigenvalue weighted by atomic mass is 16.6. The summed E-state index contributed by atoms with van der Waals surface area (Å²) >= 11 is 0. The van der Waals surface area contributed by atoms with Gasteiger partial charge in [0.1, 0.15) is 12.0 Å². The molecule has 14 heavy (non-hydrogen) atoms. The lowest BCUT2D eigenvalue weighted by Gasteiger charge is -2.19. The van der Waals surface area contributed by atoms with E-state index in [0.717, 1.165) is 0 Å². The molecule has 0 unspecified atom stereocenters. The van der Waals surface area contributed by atoms with E-state index in [9.17, 15) is 9.59 Å². The van der Waals surface area contributed by atoms with E-state index in [1.54, 1.807) is 20.8 Å². The highest BCUT2D eigenvalue weighted by molar-refractivity contribution is 5.81. The van der Waals surface area contributed by atoms with Crippen LogP contribution in [-0.4, -0.2) is 30.7 Å². The van der Waals surface area contributed by atoms with Gasteiger partial charge in [-0.25, -0.2) is 4.79 Å². The highest BCUT2D eigenvalue weighted by Gasteiger charge is 2.25. The first-order chi connectivity index (χ1) is 6.26. The van der Waals surface area contributed by atoms with Gasteiger partial charge in [-0.1, -0.05) is 0 Å². The molecule has 0 fully saturated rings. The van der Waals surface area contributed by atoms with Gasteiger partial charge < -0.3 is 15.2 Å². The second kappa shape index (κ2) is 4.95. The molecule has 5 heteroatoms. The third kappa shape index (κ3) is 5.53. The number of carbonyl (C=O) groups excluding carboxylic acids is 2. The molecule has 0 saturated heterocycles. The Kier molecular flexibility index (Phi) is 4.56. The number of ether oxygens (including phenoxy) is 2. The Morgan fingerprint density at radius 3 is 2.21 bits per heavy atom. The smallest absolute Gasteiger partial charge is 0.365 e. The van der Waals surface area contributed by atoms with Gasteiger partial charge in [-0.2, -0.15) is 0 Å². The zero-order valence-corrected chi connectivity index (χ0v) is 9.12. The van der Waals surface area contributed by atoms with Gasteiger partial charge in [-0.15, -0.1) is 0 Å². The van der Waals surface area contributed by atoms with Crippen LogP contribution in [-0.2, 0) is 19.1 Å². The van der Waals surface area contributed by atoms with Crippen molar-refractivity contribution in [1.29, 1.82) is 0 Å². The van der Waals surface area contributed by atoms with E-state index in [2.05, 4.69) is 10.5 Å². The summed E-state index contributed by atoms with van der Waals surface area (Å²) in [5.41, 5.74) is 2.97. The minimum atomic E-state index is -0.699. The summed E-state index contributed by atoms with van der Waals surface area (Å²) in [6.07, 6.45) is -0.0516. The van der Waals surface area contributed by atoms with Crippen LogP contribution < -0.4 is 5.73 Å². The Morgan fingerprint density at radius 2 is 1.86 bits per heavy atom. The fourth-order valence-electron chi connectivity index (χ4n) is 0.834. The number of hydrogen-bond donors (Lipinski definition) is 1. The standard InChI is InChI=1S/C9H17NO4/c1-9(2,3)14-7(11)5-6(10)8(12)13-4/h6H,5,10H2,1-4H3/p+1/t6-/m0/s1. The summed E-state index contributed by atoms with van der Waals surface area (Å²) in [6, 6.07) is -0.699. The topological polar surface area (TPSA) is 80.2 Å². The number of esters is 2. The Balaban J connectivity index is 4.01. The molecule has 0 bridgehead atoms. The van der Waals surface area contributed by atoms with E-state index in [1.165, 1.54) is 7.11 Å². The van der Waals surface area contributed by atoms with Gasteiger partial charge in [-0.05, 0) is 20.8 Å². The number of hydrogen-bond acceptors (Lipinski definition) is 4. The van der Waals surface area contributed by atoms with Gasteiger partial charge in [0.25, 0.3) is 0 Å². The normalized spacial score (nSPS) is 13.2. The third-order valence-corrected chi connectivity index (χ3v) is 1.37. The van der Waals surface area contributed by atoms with Crippen molar-refractivity contribution in [2.24, 2.45) is 0 Å². The molecule has 0 spiro atoms. The summed E-state index contributed by atoms with van der Waals surface area (Å²) in [5, 5.41) is 0. The molecule has 1 atom stereocenters. The summed E-state index contributed by atoms with van der Waals surface area (Å²) in [7, 11) is 1.26. The van der Waals surface area contributed by atoms with Gasteiger partial charge in [0.2, 0.25) is 0 Å². The van der Waals surface area contributed by atoms with Crippen LogP contribution in [0.15, 0.2) is 0 Å². The number of rotatable bonds is 3. The van der Waals surface area contributed by atoms with E-state index >= 15 is 0 Å². The van der Waals surface area contributed by atoms with Gasteiger partial charge in [0.15, 0.2) is 6.04 Å². The molecule has 3 N–H and O–H groups in total. The van der Waals surface area contributed by atoms with Gasteiger partial charge in [0, 0.05) is 0 Å². The Morgan fingerprint density at radius 1 is 1.36 bits per heavy atom. The molecule has 5 nitrogen and oxygen atoms in total. The van der Waals surface area contributed by atoms with Crippen molar-refractivity contribution < 1.29 is 24.8 Å². The average Bonchev–Trinajstić information content (AvgIpc) is 1.99. The molecule has 0 aliphatic heterocycles. The molecule has 0 heterocycles. The van der Waals surface area contributed by atoms with Crippen molar-refractivity contribution in [2.75, 3.05) is 7.11 Å². The molecule has 82 valence electrons. The third-order valence-electron chi connectivity index (χ3n) is 1.37. The Bertz CT molecular complexity index is 219. The molecule has 0 radical (unpaired) electrons. The molecule has 0 aromatic heterocycles. The van der Waals surface area contributed by atoms with Gasteiger partial charge >= 0.3 is 11.9 Å². The molecular formula is C9H18NO4+. The zero-order valence-electron chi connectivity index (χ0n) is 9.12. The van der Waals surface area contributed by atoms with Crippen LogP contribution >= 0.6 is 0 Å².